The Balaban J connectivity index is 2.09. The third kappa shape index (κ3) is 2.92. The summed E-state index contributed by atoms with van der Waals surface area (Å²) in [6, 6.07) is 3.33. The zero-order chi connectivity index (χ0) is 14.9. The fraction of sp³-hybridized carbons (Fsp3) is 0.385. The highest BCUT2D eigenvalue weighted by molar-refractivity contribution is 9.10. The van der Waals surface area contributed by atoms with Gasteiger partial charge in [-0.3, -0.25) is 4.79 Å². The standard InChI is InChI=1S/C13H14BrFN2O3/c1-7-9(12(18)19)4-5-17(7)13(20)16-11-6-8(14)2-3-10(11)15/h2-3,6-7,9H,4-5H2,1H3,(H,16,20)(H,18,19). The first-order valence-electron chi connectivity index (χ1n) is 6.15. The number of benzene rings is 1. The van der Waals surface area contributed by atoms with Gasteiger partial charge < -0.3 is 15.3 Å². The van der Waals surface area contributed by atoms with Crippen molar-refractivity contribution in [2.45, 2.75) is 19.4 Å². The minimum Gasteiger partial charge on any atom is -0.481 e. The lowest BCUT2D eigenvalue weighted by atomic mass is 10.0. The third-order valence-corrected chi connectivity index (χ3v) is 4.00. The molecule has 1 aromatic rings. The maximum absolute atomic E-state index is 13.6. The number of halogens is 2. The Kier molecular flexibility index (Phi) is 4.27. The molecule has 2 unspecified atom stereocenters. The van der Waals surface area contributed by atoms with Gasteiger partial charge in [-0.25, -0.2) is 9.18 Å². The summed E-state index contributed by atoms with van der Waals surface area (Å²) in [6.45, 7) is 2.03. The van der Waals surface area contributed by atoms with Crippen LogP contribution in [0.2, 0.25) is 0 Å². The van der Waals surface area contributed by atoms with E-state index in [-0.39, 0.29) is 5.69 Å². The van der Waals surface area contributed by atoms with Crippen LogP contribution in [-0.4, -0.2) is 34.6 Å². The van der Waals surface area contributed by atoms with Crippen LogP contribution in [0.5, 0.6) is 0 Å². The molecule has 1 heterocycles. The zero-order valence-corrected chi connectivity index (χ0v) is 12.4. The lowest BCUT2D eigenvalue weighted by Gasteiger charge is -2.23. The summed E-state index contributed by atoms with van der Waals surface area (Å²) >= 11 is 3.20. The molecule has 0 spiro atoms. The molecule has 0 aromatic heterocycles. The second-order valence-corrected chi connectivity index (χ2v) is 5.64. The van der Waals surface area contributed by atoms with Crippen molar-refractivity contribution in [1.82, 2.24) is 4.90 Å². The van der Waals surface area contributed by atoms with Gasteiger partial charge in [-0.1, -0.05) is 15.9 Å². The minimum atomic E-state index is -0.915. The number of hydrogen-bond donors (Lipinski definition) is 2. The number of likely N-dealkylation sites (tertiary alicyclic amines) is 1. The predicted octanol–water partition coefficient (Wildman–Crippen LogP) is 2.92. The van der Waals surface area contributed by atoms with Crippen LogP contribution in [0.25, 0.3) is 0 Å². The van der Waals surface area contributed by atoms with Crippen LogP contribution in [0.3, 0.4) is 0 Å². The molecule has 0 bridgehead atoms. The van der Waals surface area contributed by atoms with Crippen molar-refractivity contribution < 1.29 is 19.1 Å². The van der Waals surface area contributed by atoms with Crippen LogP contribution in [0.1, 0.15) is 13.3 Å². The number of carbonyl (C=O) groups excluding carboxylic acids is 1. The second kappa shape index (κ2) is 5.78. The molecule has 0 aliphatic carbocycles. The van der Waals surface area contributed by atoms with E-state index in [1.165, 1.54) is 23.1 Å². The number of anilines is 1. The lowest BCUT2D eigenvalue weighted by Crippen LogP contribution is -2.40. The number of carboxylic acid groups (broad SMARTS) is 1. The summed E-state index contributed by atoms with van der Waals surface area (Å²) in [7, 11) is 0. The van der Waals surface area contributed by atoms with E-state index in [2.05, 4.69) is 21.2 Å². The maximum Gasteiger partial charge on any atom is 0.322 e. The number of rotatable bonds is 2. The van der Waals surface area contributed by atoms with Gasteiger partial charge in [0.25, 0.3) is 0 Å². The first-order valence-corrected chi connectivity index (χ1v) is 6.95. The molecular formula is C13H14BrFN2O3. The monoisotopic (exact) mass is 344 g/mol. The van der Waals surface area contributed by atoms with Crippen LogP contribution >= 0.6 is 15.9 Å². The van der Waals surface area contributed by atoms with Crippen LogP contribution in [0.15, 0.2) is 22.7 Å². The average molecular weight is 345 g/mol. The topological polar surface area (TPSA) is 69.6 Å². The van der Waals surface area contributed by atoms with Gasteiger partial charge in [-0.05, 0) is 31.5 Å². The molecule has 108 valence electrons. The van der Waals surface area contributed by atoms with Gasteiger partial charge in [0.1, 0.15) is 5.82 Å². The maximum atomic E-state index is 13.6. The van der Waals surface area contributed by atoms with Crippen LogP contribution in [-0.2, 0) is 4.79 Å². The second-order valence-electron chi connectivity index (χ2n) is 4.72. The van der Waals surface area contributed by atoms with E-state index in [0.717, 1.165) is 0 Å². The lowest BCUT2D eigenvalue weighted by molar-refractivity contribution is -0.142. The van der Waals surface area contributed by atoms with Gasteiger partial charge in [0.15, 0.2) is 0 Å². The highest BCUT2D eigenvalue weighted by atomic mass is 79.9. The van der Waals surface area contributed by atoms with Gasteiger partial charge in [0.05, 0.1) is 11.6 Å². The summed E-state index contributed by atoms with van der Waals surface area (Å²) in [4.78, 5) is 24.5. The van der Waals surface area contributed by atoms with Gasteiger partial charge in [-0.15, -0.1) is 0 Å². The summed E-state index contributed by atoms with van der Waals surface area (Å²) in [5, 5.41) is 11.5. The van der Waals surface area contributed by atoms with E-state index in [1.807, 2.05) is 0 Å². The number of amides is 2. The Morgan fingerprint density at radius 1 is 1.50 bits per heavy atom. The molecule has 1 saturated heterocycles. The minimum absolute atomic E-state index is 0.0651. The van der Waals surface area contributed by atoms with Crippen LogP contribution in [0, 0.1) is 11.7 Å². The van der Waals surface area contributed by atoms with E-state index >= 15 is 0 Å². The van der Waals surface area contributed by atoms with Gasteiger partial charge >= 0.3 is 12.0 Å². The fourth-order valence-corrected chi connectivity index (χ4v) is 2.70. The molecule has 2 amide bonds. The highest BCUT2D eigenvalue weighted by Gasteiger charge is 2.38. The number of carbonyl (C=O) groups is 2. The average Bonchev–Trinajstić information content (AvgIpc) is 2.76. The molecule has 1 aliphatic rings. The quantitative estimate of drug-likeness (QED) is 0.866. The molecule has 0 radical (unpaired) electrons. The van der Waals surface area contributed by atoms with Crippen molar-refractivity contribution in [1.29, 1.82) is 0 Å². The van der Waals surface area contributed by atoms with E-state index in [9.17, 15) is 14.0 Å². The smallest absolute Gasteiger partial charge is 0.322 e. The first kappa shape index (κ1) is 14.8. The molecule has 20 heavy (non-hydrogen) atoms. The Hall–Kier alpha value is -1.63. The van der Waals surface area contributed by atoms with E-state index in [1.54, 1.807) is 6.92 Å². The summed E-state index contributed by atoms with van der Waals surface area (Å²) < 4.78 is 14.2. The number of nitrogens with zero attached hydrogens (tertiary/aromatic N) is 1. The van der Waals surface area contributed by atoms with E-state index in [4.69, 9.17) is 5.11 Å². The zero-order valence-electron chi connectivity index (χ0n) is 10.8. The fourth-order valence-electron chi connectivity index (χ4n) is 2.34. The number of carboxylic acids is 1. The first-order chi connectivity index (χ1) is 9.40. The molecule has 2 N–H and O–H groups in total. The van der Waals surface area contributed by atoms with E-state index < -0.39 is 29.8 Å². The van der Waals surface area contributed by atoms with Crippen molar-refractivity contribution >= 4 is 33.6 Å². The molecule has 2 rings (SSSR count). The van der Waals surface area contributed by atoms with Gasteiger partial charge in [0.2, 0.25) is 0 Å². The molecule has 1 aliphatic heterocycles. The van der Waals surface area contributed by atoms with E-state index in [0.29, 0.717) is 17.4 Å². The SMILES string of the molecule is CC1C(C(=O)O)CCN1C(=O)Nc1cc(Br)ccc1F. The highest BCUT2D eigenvalue weighted by Crippen LogP contribution is 2.26. The normalized spacial score (nSPS) is 21.9. The Morgan fingerprint density at radius 3 is 2.80 bits per heavy atom. The van der Waals surface area contributed by atoms with Gasteiger partial charge in [-0.2, -0.15) is 0 Å². The van der Waals surface area contributed by atoms with Crippen LogP contribution in [0.4, 0.5) is 14.9 Å². The largest absolute Gasteiger partial charge is 0.481 e. The number of urea groups is 1. The van der Waals surface area contributed by atoms with Crippen LogP contribution < -0.4 is 5.32 Å². The molecular weight excluding hydrogens is 331 g/mol. The van der Waals surface area contributed by atoms with Crippen molar-refractivity contribution in [3.8, 4) is 0 Å². The van der Waals surface area contributed by atoms with Crippen molar-refractivity contribution in [2.75, 3.05) is 11.9 Å². The summed E-state index contributed by atoms with van der Waals surface area (Å²) in [5.41, 5.74) is 0.0651. The Bertz CT molecular complexity index is 552. The summed E-state index contributed by atoms with van der Waals surface area (Å²) in [6.07, 6.45) is 0.408. The molecule has 2 atom stereocenters. The number of nitrogens with one attached hydrogen (secondary N) is 1. The molecule has 5 nitrogen and oxygen atoms in total. The van der Waals surface area contributed by atoms with Gasteiger partial charge in [0, 0.05) is 17.1 Å². The third-order valence-electron chi connectivity index (χ3n) is 3.50. The predicted molar refractivity (Wildman–Crippen MR) is 75.0 cm³/mol. The van der Waals surface area contributed by atoms with Crippen molar-refractivity contribution in [2.24, 2.45) is 5.92 Å². The van der Waals surface area contributed by atoms with Crippen molar-refractivity contribution in [3.05, 3.63) is 28.5 Å². The number of aliphatic carboxylic acids is 1. The summed E-state index contributed by atoms with van der Waals surface area (Å²) in [5.74, 6) is -2.03. The Morgan fingerprint density at radius 2 is 2.20 bits per heavy atom. The number of hydrogen-bond acceptors (Lipinski definition) is 2. The molecule has 1 fully saturated rings. The Labute approximate surface area is 123 Å². The molecule has 0 saturated carbocycles. The molecule has 1 aromatic carbocycles. The molecule has 7 heteroatoms. The van der Waals surface area contributed by atoms with Crippen molar-refractivity contribution in [3.63, 3.8) is 0 Å².